The normalized spacial score (nSPS) is 10.4. The van der Waals surface area contributed by atoms with Crippen LogP contribution in [0.1, 0.15) is 5.56 Å². The smallest absolute Gasteiger partial charge is 0.387 e. The van der Waals surface area contributed by atoms with Gasteiger partial charge in [-0.25, -0.2) is 0 Å². The summed E-state index contributed by atoms with van der Waals surface area (Å²) in [5.41, 5.74) is 0.447. The number of hydrogen-bond acceptors (Lipinski definition) is 6. The SMILES string of the molecule is COc1cc(CNC(=O)COc2cccc([N+](=O)[O-])c2)ccc1OC(F)F. The molecule has 0 atom stereocenters. The van der Waals surface area contributed by atoms with Gasteiger partial charge in [-0.05, 0) is 23.8 Å². The van der Waals surface area contributed by atoms with Crippen molar-refractivity contribution in [2.75, 3.05) is 13.7 Å². The molecule has 0 radical (unpaired) electrons. The molecule has 0 aliphatic carbocycles. The zero-order valence-corrected chi connectivity index (χ0v) is 14.2. The molecule has 0 spiro atoms. The maximum Gasteiger partial charge on any atom is 0.387 e. The minimum absolute atomic E-state index is 0.0997. The van der Waals surface area contributed by atoms with Gasteiger partial charge in [-0.2, -0.15) is 8.78 Å². The van der Waals surface area contributed by atoms with Gasteiger partial charge in [-0.1, -0.05) is 12.1 Å². The van der Waals surface area contributed by atoms with Crippen molar-refractivity contribution < 1.29 is 32.7 Å². The lowest BCUT2D eigenvalue weighted by Gasteiger charge is -2.12. The first-order valence-electron chi connectivity index (χ1n) is 7.64. The number of methoxy groups -OCH3 is 1. The zero-order valence-electron chi connectivity index (χ0n) is 14.2. The molecule has 0 aliphatic rings. The fraction of sp³-hybridized carbons (Fsp3) is 0.235. The van der Waals surface area contributed by atoms with Crippen LogP contribution in [-0.4, -0.2) is 31.2 Å². The summed E-state index contributed by atoms with van der Waals surface area (Å²) < 4.78 is 39.1. The van der Waals surface area contributed by atoms with E-state index in [1.54, 1.807) is 0 Å². The molecule has 2 aromatic carbocycles. The van der Waals surface area contributed by atoms with E-state index in [1.807, 2.05) is 0 Å². The summed E-state index contributed by atoms with van der Waals surface area (Å²) in [6.45, 7) is -3.22. The van der Waals surface area contributed by atoms with Crippen LogP contribution in [0.5, 0.6) is 17.2 Å². The molecule has 0 fully saturated rings. The molecule has 0 bridgehead atoms. The number of halogens is 2. The van der Waals surface area contributed by atoms with Crippen molar-refractivity contribution in [3.63, 3.8) is 0 Å². The van der Waals surface area contributed by atoms with E-state index in [2.05, 4.69) is 10.1 Å². The molecule has 0 unspecified atom stereocenters. The summed E-state index contributed by atoms with van der Waals surface area (Å²) in [5, 5.41) is 13.3. The lowest BCUT2D eigenvalue weighted by molar-refractivity contribution is -0.384. The second-order valence-corrected chi connectivity index (χ2v) is 5.18. The summed E-state index contributed by atoms with van der Waals surface area (Å²) in [6, 6.07) is 9.72. The van der Waals surface area contributed by atoms with Gasteiger partial charge in [0, 0.05) is 12.6 Å². The molecule has 8 nitrogen and oxygen atoms in total. The minimum atomic E-state index is -2.98. The molecule has 0 saturated carbocycles. The number of nitro benzene ring substituents is 1. The van der Waals surface area contributed by atoms with E-state index in [0.717, 1.165) is 0 Å². The number of benzene rings is 2. The van der Waals surface area contributed by atoms with Gasteiger partial charge in [0.05, 0.1) is 18.1 Å². The molecule has 2 aromatic rings. The molecule has 1 N–H and O–H groups in total. The van der Waals surface area contributed by atoms with Gasteiger partial charge >= 0.3 is 6.61 Å². The Morgan fingerprint density at radius 1 is 1.22 bits per heavy atom. The second-order valence-electron chi connectivity index (χ2n) is 5.18. The van der Waals surface area contributed by atoms with Crippen molar-refractivity contribution in [3.05, 3.63) is 58.1 Å². The number of hydrogen-bond donors (Lipinski definition) is 1. The van der Waals surface area contributed by atoms with Gasteiger partial charge in [-0.3, -0.25) is 14.9 Å². The average Bonchev–Trinajstić information content (AvgIpc) is 2.65. The van der Waals surface area contributed by atoms with Gasteiger partial charge in [0.1, 0.15) is 5.75 Å². The number of nitrogens with one attached hydrogen (secondary N) is 1. The summed E-state index contributed by atoms with van der Waals surface area (Å²) >= 11 is 0. The maximum absolute atomic E-state index is 12.3. The van der Waals surface area contributed by atoms with Crippen molar-refractivity contribution in [3.8, 4) is 17.2 Å². The van der Waals surface area contributed by atoms with E-state index >= 15 is 0 Å². The molecule has 27 heavy (non-hydrogen) atoms. The van der Waals surface area contributed by atoms with E-state index in [0.29, 0.717) is 5.56 Å². The highest BCUT2D eigenvalue weighted by molar-refractivity contribution is 5.77. The van der Waals surface area contributed by atoms with Crippen molar-refractivity contribution in [1.29, 1.82) is 0 Å². The van der Waals surface area contributed by atoms with E-state index in [9.17, 15) is 23.7 Å². The Hall–Kier alpha value is -3.43. The molecule has 144 valence electrons. The van der Waals surface area contributed by atoms with Crippen LogP contribution in [0.25, 0.3) is 0 Å². The second kappa shape index (κ2) is 9.32. The van der Waals surface area contributed by atoms with E-state index < -0.39 is 17.4 Å². The third kappa shape index (κ3) is 6.10. The molecule has 0 heterocycles. The first-order valence-corrected chi connectivity index (χ1v) is 7.64. The van der Waals surface area contributed by atoms with Crippen LogP contribution in [0.2, 0.25) is 0 Å². The van der Waals surface area contributed by atoms with Crippen LogP contribution in [0.3, 0.4) is 0 Å². The lowest BCUT2D eigenvalue weighted by Crippen LogP contribution is -2.28. The Kier molecular flexibility index (Phi) is 6.86. The van der Waals surface area contributed by atoms with E-state index in [-0.39, 0.29) is 36.1 Å². The van der Waals surface area contributed by atoms with Crippen molar-refractivity contribution in [2.45, 2.75) is 13.2 Å². The van der Waals surface area contributed by atoms with Gasteiger partial charge in [0.15, 0.2) is 18.1 Å². The van der Waals surface area contributed by atoms with Crippen molar-refractivity contribution in [2.24, 2.45) is 0 Å². The summed E-state index contributed by atoms with van der Waals surface area (Å²) in [5.74, 6) is -0.283. The molecule has 10 heteroatoms. The standard InChI is InChI=1S/C17H16F2N2O6/c1-25-15-7-11(5-6-14(15)27-17(18)19)9-20-16(22)10-26-13-4-2-3-12(8-13)21(23)24/h2-8,17H,9-10H2,1H3,(H,20,22). The van der Waals surface area contributed by atoms with Gasteiger partial charge in [0.2, 0.25) is 0 Å². The van der Waals surface area contributed by atoms with Crippen molar-refractivity contribution >= 4 is 11.6 Å². The van der Waals surface area contributed by atoms with E-state index in [1.165, 1.54) is 49.6 Å². The number of non-ortho nitro benzene ring substituents is 1. The average molecular weight is 382 g/mol. The van der Waals surface area contributed by atoms with Crippen molar-refractivity contribution in [1.82, 2.24) is 5.32 Å². The van der Waals surface area contributed by atoms with Crippen LogP contribution < -0.4 is 19.5 Å². The summed E-state index contributed by atoms with van der Waals surface area (Å²) in [7, 11) is 1.31. The molecule has 1 amide bonds. The zero-order chi connectivity index (χ0) is 19.8. The number of rotatable bonds is 9. The highest BCUT2D eigenvalue weighted by Crippen LogP contribution is 2.29. The van der Waals surface area contributed by atoms with Crippen LogP contribution in [0.15, 0.2) is 42.5 Å². The fourth-order valence-corrected chi connectivity index (χ4v) is 2.10. The summed E-state index contributed by atoms with van der Waals surface area (Å²) in [6.07, 6.45) is 0. The molecule has 0 aliphatic heterocycles. The highest BCUT2D eigenvalue weighted by atomic mass is 19.3. The van der Waals surface area contributed by atoms with Crippen LogP contribution in [0.4, 0.5) is 14.5 Å². The molecule has 2 rings (SSSR count). The predicted octanol–water partition coefficient (Wildman–Crippen LogP) is 2.90. The Bertz CT molecular complexity index is 816. The number of nitro groups is 1. The Morgan fingerprint density at radius 2 is 2.00 bits per heavy atom. The first-order chi connectivity index (χ1) is 12.9. The van der Waals surface area contributed by atoms with Crippen LogP contribution in [0, 0.1) is 10.1 Å². The minimum Gasteiger partial charge on any atom is -0.493 e. The predicted molar refractivity (Wildman–Crippen MR) is 90.1 cm³/mol. The molecular formula is C17H16F2N2O6. The van der Waals surface area contributed by atoms with Crippen LogP contribution in [-0.2, 0) is 11.3 Å². The number of ether oxygens (including phenoxy) is 3. The Morgan fingerprint density at radius 3 is 2.67 bits per heavy atom. The number of nitrogens with zero attached hydrogens (tertiary/aromatic N) is 1. The number of carbonyl (C=O) groups excluding carboxylic acids is 1. The van der Waals surface area contributed by atoms with Gasteiger partial charge < -0.3 is 19.5 Å². The Labute approximate surface area is 152 Å². The third-order valence-electron chi connectivity index (χ3n) is 3.33. The molecule has 0 saturated heterocycles. The summed E-state index contributed by atoms with van der Waals surface area (Å²) in [4.78, 5) is 22.0. The maximum atomic E-state index is 12.3. The number of alkyl halides is 2. The van der Waals surface area contributed by atoms with Crippen LogP contribution >= 0.6 is 0 Å². The molecular weight excluding hydrogens is 366 g/mol. The first kappa shape index (κ1) is 19.9. The third-order valence-corrected chi connectivity index (χ3v) is 3.33. The fourth-order valence-electron chi connectivity index (χ4n) is 2.10. The number of amides is 1. The quantitative estimate of drug-likeness (QED) is 0.529. The van der Waals surface area contributed by atoms with Gasteiger partial charge in [0.25, 0.3) is 11.6 Å². The lowest BCUT2D eigenvalue weighted by atomic mass is 10.2. The Balaban J connectivity index is 1.88. The largest absolute Gasteiger partial charge is 0.493 e. The van der Waals surface area contributed by atoms with E-state index in [4.69, 9.17) is 9.47 Å². The van der Waals surface area contributed by atoms with Gasteiger partial charge in [-0.15, -0.1) is 0 Å². The molecule has 0 aromatic heterocycles. The monoisotopic (exact) mass is 382 g/mol. The number of carbonyl (C=O) groups is 1. The topological polar surface area (TPSA) is 99.9 Å². The highest BCUT2D eigenvalue weighted by Gasteiger charge is 2.12.